The lowest BCUT2D eigenvalue weighted by Crippen LogP contribution is -2.57. The second-order valence-corrected chi connectivity index (χ2v) is 7.46. The summed E-state index contributed by atoms with van der Waals surface area (Å²) in [6.07, 6.45) is 5.24. The van der Waals surface area contributed by atoms with E-state index in [-0.39, 0.29) is 37.7 Å². The Bertz CT molecular complexity index is 811. The summed E-state index contributed by atoms with van der Waals surface area (Å²) in [4.78, 5) is 41.5. The number of carbonyl (C=O) groups excluding carboxylic acids is 3. The molecule has 2 amide bonds. The lowest BCUT2D eigenvalue weighted by atomic mass is 9.97. The van der Waals surface area contributed by atoms with Crippen LogP contribution in [0.15, 0.2) is 18.7 Å². The van der Waals surface area contributed by atoms with Gasteiger partial charge in [0.05, 0.1) is 25.5 Å². The second-order valence-electron chi connectivity index (χ2n) is 6.46. The fraction of sp³-hybridized carbons (Fsp3) is 0.600. The standard InChI is InChI=1S/C15H23N5O7S/c1-11(21)20-8-12(18(2)27-28(24,25)26)3-4-14(20)15(23)17-7-13(22)9-19-6-5-16-10-19/h5-6,10,12,14H,3-4,7-9H2,1-2H3,(H,17,23)(H,24,25,26)/t12-,14+/m1/s1. The first-order valence-corrected chi connectivity index (χ1v) is 9.85. The number of nitrogens with one attached hydrogen (secondary N) is 1. The molecule has 2 atom stereocenters. The number of likely N-dealkylation sites (N-methyl/N-ethyl adjacent to an activating group) is 1. The molecule has 12 nitrogen and oxygen atoms in total. The number of piperidine rings is 1. The number of likely N-dealkylation sites (tertiary alicyclic amines) is 1. The van der Waals surface area contributed by atoms with E-state index in [1.807, 2.05) is 0 Å². The Kier molecular flexibility index (Phi) is 7.23. The highest BCUT2D eigenvalue weighted by molar-refractivity contribution is 7.80. The Morgan fingerprint density at radius 1 is 1.36 bits per heavy atom. The quantitative estimate of drug-likeness (QED) is 0.385. The normalized spacial score (nSPS) is 20.2. The van der Waals surface area contributed by atoms with Crippen molar-refractivity contribution in [1.82, 2.24) is 24.8 Å². The first-order valence-electron chi connectivity index (χ1n) is 8.49. The van der Waals surface area contributed by atoms with Crippen LogP contribution in [0.2, 0.25) is 0 Å². The highest BCUT2D eigenvalue weighted by Gasteiger charge is 2.37. The third-order valence-corrected chi connectivity index (χ3v) is 4.79. The molecule has 1 saturated heterocycles. The maximum absolute atomic E-state index is 12.5. The molecule has 0 radical (unpaired) electrons. The molecule has 0 saturated carbocycles. The molecule has 1 aliphatic heterocycles. The molecular formula is C15H23N5O7S. The van der Waals surface area contributed by atoms with Crippen LogP contribution in [0.25, 0.3) is 0 Å². The number of rotatable bonds is 8. The van der Waals surface area contributed by atoms with Crippen molar-refractivity contribution in [3.8, 4) is 0 Å². The Balaban J connectivity index is 1.92. The zero-order chi connectivity index (χ0) is 20.9. The molecule has 13 heteroatoms. The zero-order valence-electron chi connectivity index (χ0n) is 15.5. The molecular weight excluding hydrogens is 394 g/mol. The van der Waals surface area contributed by atoms with Crippen LogP contribution in [0.4, 0.5) is 0 Å². The lowest BCUT2D eigenvalue weighted by Gasteiger charge is -2.40. The van der Waals surface area contributed by atoms with Gasteiger partial charge in [-0.15, -0.1) is 0 Å². The maximum Gasteiger partial charge on any atom is 0.413 e. The summed E-state index contributed by atoms with van der Waals surface area (Å²) in [5, 5.41) is 3.47. The van der Waals surface area contributed by atoms with Gasteiger partial charge in [-0.25, -0.2) is 4.98 Å². The van der Waals surface area contributed by atoms with Crippen LogP contribution in [0.3, 0.4) is 0 Å². The molecule has 0 aromatic carbocycles. The Hall–Kier alpha value is -2.35. The van der Waals surface area contributed by atoms with Crippen LogP contribution >= 0.6 is 0 Å². The first-order chi connectivity index (χ1) is 13.1. The van der Waals surface area contributed by atoms with Crippen LogP contribution in [0.5, 0.6) is 0 Å². The van der Waals surface area contributed by atoms with Gasteiger partial charge in [0.1, 0.15) is 6.04 Å². The lowest BCUT2D eigenvalue weighted by molar-refractivity contribution is -0.148. The van der Waals surface area contributed by atoms with E-state index in [1.165, 1.54) is 31.4 Å². The van der Waals surface area contributed by atoms with Crippen LogP contribution in [0, 0.1) is 0 Å². The number of Topliss-reactive ketones (excluding diaryl/α,β-unsaturated/α-hetero) is 1. The molecule has 1 aromatic rings. The molecule has 2 N–H and O–H groups in total. The molecule has 0 spiro atoms. The maximum atomic E-state index is 12.5. The molecule has 2 rings (SSSR count). The number of hydroxylamine groups is 2. The van der Waals surface area contributed by atoms with E-state index >= 15 is 0 Å². The summed E-state index contributed by atoms with van der Waals surface area (Å²) in [6.45, 7) is 1.20. The number of imidazole rings is 1. The number of ketones is 1. The van der Waals surface area contributed by atoms with Crippen molar-refractivity contribution in [1.29, 1.82) is 0 Å². The molecule has 28 heavy (non-hydrogen) atoms. The van der Waals surface area contributed by atoms with Gasteiger partial charge in [0.25, 0.3) is 0 Å². The number of aromatic nitrogens is 2. The Morgan fingerprint density at radius 2 is 2.07 bits per heavy atom. The van der Waals surface area contributed by atoms with Crippen molar-refractivity contribution in [2.75, 3.05) is 20.1 Å². The Morgan fingerprint density at radius 3 is 2.64 bits per heavy atom. The topological polar surface area (TPSA) is 151 Å². The average Bonchev–Trinajstić information content (AvgIpc) is 3.10. The summed E-state index contributed by atoms with van der Waals surface area (Å²) >= 11 is 0. The van der Waals surface area contributed by atoms with Crippen LogP contribution in [0.1, 0.15) is 19.8 Å². The summed E-state index contributed by atoms with van der Waals surface area (Å²) in [5.74, 6) is -1.07. The minimum absolute atomic E-state index is 0.0302. The van der Waals surface area contributed by atoms with Gasteiger partial charge >= 0.3 is 10.4 Å². The van der Waals surface area contributed by atoms with Gasteiger partial charge in [0.2, 0.25) is 11.8 Å². The number of hydrogen-bond donors (Lipinski definition) is 2. The molecule has 0 aliphatic carbocycles. The predicted molar refractivity (Wildman–Crippen MR) is 94.8 cm³/mol. The highest BCUT2D eigenvalue weighted by Crippen LogP contribution is 2.22. The van der Waals surface area contributed by atoms with E-state index in [0.29, 0.717) is 6.42 Å². The van der Waals surface area contributed by atoms with Crippen molar-refractivity contribution < 1.29 is 31.6 Å². The highest BCUT2D eigenvalue weighted by atomic mass is 32.3. The van der Waals surface area contributed by atoms with Gasteiger partial charge in [-0.2, -0.15) is 17.8 Å². The third kappa shape index (κ3) is 6.37. The van der Waals surface area contributed by atoms with Gasteiger partial charge < -0.3 is 14.8 Å². The van der Waals surface area contributed by atoms with Crippen LogP contribution < -0.4 is 5.32 Å². The minimum atomic E-state index is -4.68. The largest absolute Gasteiger partial charge is 0.413 e. The van der Waals surface area contributed by atoms with Gasteiger partial charge in [0.15, 0.2) is 5.78 Å². The van der Waals surface area contributed by atoms with Crippen molar-refractivity contribution in [2.45, 2.75) is 38.4 Å². The van der Waals surface area contributed by atoms with Gasteiger partial charge in [-0.3, -0.25) is 18.9 Å². The first kappa shape index (κ1) is 21.9. The fourth-order valence-corrected chi connectivity index (χ4v) is 3.44. The van der Waals surface area contributed by atoms with Gasteiger partial charge in [0, 0.05) is 32.9 Å². The van der Waals surface area contributed by atoms with Crippen molar-refractivity contribution in [2.24, 2.45) is 0 Å². The van der Waals surface area contributed by atoms with Gasteiger partial charge in [-0.1, -0.05) is 0 Å². The minimum Gasteiger partial charge on any atom is -0.347 e. The zero-order valence-corrected chi connectivity index (χ0v) is 16.3. The molecule has 0 bridgehead atoms. The predicted octanol–water partition coefficient (Wildman–Crippen LogP) is -1.39. The van der Waals surface area contributed by atoms with Crippen LogP contribution in [-0.2, 0) is 35.6 Å². The Labute approximate surface area is 162 Å². The molecule has 2 heterocycles. The SMILES string of the molecule is CC(=O)N1C[C@H](N(C)OS(=O)(=O)O)CC[C@H]1C(=O)NCC(=O)Cn1ccnc1. The van der Waals surface area contributed by atoms with E-state index < -0.39 is 28.4 Å². The van der Waals surface area contributed by atoms with E-state index in [4.69, 9.17) is 4.55 Å². The number of hydrogen-bond acceptors (Lipinski definition) is 8. The summed E-state index contributed by atoms with van der Waals surface area (Å²) < 4.78 is 36.4. The van der Waals surface area contributed by atoms with Crippen molar-refractivity contribution in [3.63, 3.8) is 0 Å². The number of amides is 2. The monoisotopic (exact) mass is 417 g/mol. The van der Waals surface area contributed by atoms with E-state index in [9.17, 15) is 22.8 Å². The van der Waals surface area contributed by atoms with Crippen molar-refractivity contribution >= 4 is 28.0 Å². The van der Waals surface area contributed by atoms with Crippen molar-refractivity contribution in [3.05, 3.63) is 18.7 Å². The summed E-state index contributed by atoms with van der Waals surface area (Å²) in [5.41, 5.74) is 0. The fourth-order valence-electron chi connectivity index (χ4n) is 3.02. The molecule has 0 unspecified atom stereocenters. The number of carbonyl (C=O) groups is 3. The molecule has 1 fully saturated rings. The molecule has 1 aliphatic rings. The average molecular weight is 417 g/mol. The molecule has 1 aromatic heterocycles. The third-order valence-electron chi connectivity index (χ3n) is 4.37. The molecule has 156 valence electrons. The van der Waals surface area contributed by atoms with E-state index in [1.54, 1.807) is 10.8 Å². The summed E-state index contributed by atoms with van der Waals surface area (Å²) in [7, 11) is -3.37. The summed E-state index contributed by atoms with van der Waals surface area (Å²) in [6, 6.07) is -1.31. The van der Waals surface area contributed by atoms with E-state index in [0.717, 1.165) is 5.06 Å². The second kappa shape index (κ2) is 9.23. The van der Waals surface area contributed by atoms with Crippen LogP contribution in [-0.4, -0.2) is 82.3 Å². The smallest absolute Gasteiger partial charge is 0.347 e. The number of nitrogens with zero attached hydrogens (tertiary/aromatic N) is 4. The van der Waals surface area contributed by atoms with Gasteiger partial charge in [-0.05, 0) is 12.8 Å². The van der Waals surface area contributed by atoms with E-state index in [2.05, 4.69) is 14.6 Å².